The number of carboxylic acids is 1. The minimum absolute atomic E-state index is 0.0620. The SMILES string of the molecule is O=C(O)c1coc(CNc2cc(Cl)c(F)c(Cl)c2)c1. The maximum absolute atomic E-state index is 13.2. The molecule has 1 aromatic carbocycles. The lowest BCUT2D eigenvalue weighted by atomic mass is 10.3. The van der Waals surface area contributed by atoms with E-state index in [1.807, 2.05) is 0 Å². The fourth-order valence-corrected chi connectivity index (χ4v) is 1.92. The van der Waals surface area contributed by atoms with E-state index in [4.69, 9.17) is 32.7 Å². The van der Waals surface area contributed by atoms with Gasteiger partial charge < -0.3 is 14.8 Å². The number of hydrogen-bond donors (Lipinski definition) is 2. The van der Waals surface area contributed by atoms with Gasteiger partial charge in [0.2, 0.25) is 0 Å². The summed E-state index contributed by atoms with van der Waals surface area (Å²) in [6.07, 6.45) is 1.14. The van der Waals surface area contributed by atoms with Gasteiger partial charge in [0.15, 0.2) is 5.82 Å². The number of anilines is 1. The van der Waals surface area contributed by atoms with Gasteiger partial charge in [0.1, 0.15) is 12.0 Å². The zero-order chi connectivity index (χ0) is 14.0. The standard InChI is InChI=1S/C12H8Cl2FNO3/c13-9-2-7(3-10(14)11(9)15)16-4-8-1-6(5-19-8)12(17)18/h1-3,5,16H,4H2,(H,17,18). The van der Waals surface area contributed by atoms with Crippen molar-refractivity contribution in [3.63, 3.8) is 0 Å². The zero-order valence-corrected chi connectivity index (χ0v) is 10.9. The van der Waals surface area contributed by atoms with Crippen LogP contribution in [0.1, 0.15) is 16.1 Å². The fourth-order valence-electron chi connectivity index (χ4n) is 1.43. The second kappa shape index (κ2) is 5.50. The third-order valence-electron chi connectivity index (χ3n) is 2.35. The van der Waals surface area contributed by atoms with Crippen molar-refractivity contribution >= 4 is 34.9 Å². The Kier molecular flexibility index (Phi) is 3.97. The number of aromatic carboxylic acids is 1. The van der Waals surface area contributed by atoms with E-state index in [0.717, 1.165) is 6.26 Å². The first-order chi connectivity index (χ1) is 8.97. The fraction of sp³-hybridized carbons (Fsp3) is 0.0833. The predicted molar refractivity (Wildman–Crippen MR) is 69.4 cm³/mol. The van der Waals surface area contributed by atoms with Gasteiger partial charge in [-0.15, -0.1) is 0 Å². The molecule has 0 saturated carbocycles. The Morgan fingerprint density at radius 3 is 2.47 bits per heavy atom. The molecule has 19 heavy (non-hydrogen) atoms. The van der Waals surface area contributed by atoms with Crippen molar-refractivity contribution in [1.29, 1.82) is 0 Å². The first-order valence-corrected chi connectivity index (χ1v) is 5.92. The zero-order valence-electron chi connectivity index (χ0n) is 9.41. The van der Waals surface area contributed by atoms with Crippen LogP contribution in [0.5, 0.6) is 0 Å². The summed E-state index contributed by atoms with van der Waals surface area (Å²) in [5.41, 5.74) is 0.566. The molecular weight excluding hydrogens is 296 g/mol. The minimum Gasteiger partial charge on any atom is -0.478 e. The van der Waals surface area contributed by atoms with E-state index in [1.165, 1.54) is 18.2 Å². The van der Waals surface area contributed by atoms with E-state index in [2.05, 4.69) is 5.32 Å². The van der Waals surface area contributed by atoms with Crippen molar-refractivity contribution in [1.82, 2.24) is 0 Å². The monoisotopic (exact) mass is 303 g/mol. The van der Waals surface area contributed by atoms with Gasteiger partial charge in [-0.1, -0.05) is 23.2 Å². The molecule has 100 valence electrons. The van der Waals surface area contributed by atoms with Crippen LogP contribution < -0.4 is 5.32 Å². The predicted octanol–water partition coefficient (Wildman–Crippen LogP) is 4.04. The molecule has 0 unspecified atom stereocenters. The van der Waals surface area contributed by atoms with Gasteiger partial charge in [-0.25, -0.2) is 9.18 Å². The summed E-state index contributed by atoms with van der Waals surface area (Å²) in [7, 11) is 0. The number of rotatable bonds is 4. The van der Waals surface area contributed by atoms with Gasteiger partial charge in [-0.2, -0.15) is 0 Å². The largest absolute Gasteiger partial charge is 0.478 e. The molecule has 0 radical (unpaired) electrons. The van der Waals surface area contributed by atoms with E-state index in [9.17, 15) is 9.18 Å². The molecule has 4 nitrogen and oxygen atoms in total. The van der Waals surface area contributed by atoms with Crippen molar-refractivity contribution in [3.05, 3.63) is 51.6 Å². The van der Waals surface area contributed by atoms with Crippen LogP contribution in [0.2, 0.25) is 10.0 Å². The molecule has 0 aliphatic carbocycles. The third-order valence-corrected chi connectivity index (χ3v) is 2.90. The molecule has 0 saturated heterocycles. The highest BCUT2D eigenvalue weighted by atomic mass is 35.5. The van der Waals surface area contributed by atoms with Gasteiger partial charge in [0.25, 0.3) is 0 Å². The van der Waals surface area contributed by atoms with Crippen LogP contribution in [0.4, 0.5) is 10.1 Å². The maximum atomic E-state index is 13.2. The van der Waals surface area contributed by atoms with Crippen LogP contribution >= 0.6 is 23.2 Å². The number of benzene rings is 1. The third kappa shape index (κ3) is 3.19. The quantitative estimate of drug-likeness (QED) is 0.837. The average molecular weight is 304 g/mol. The topological polar surface area (TPSA) is 62.5 Å². The molecule has 0 atom stereocenters. The van der Waals surface area contributed by atoms with Gasteiger partial charge >= 0.3 is 5.97 Å². The van der Waals surface area contributed by atoms with Gasteiger partial charge in [0, 0.05) is 5.69 Å². The molecule has 0 bridgehead atoms. The van der Waals surface area contributed by atoms with Gasteiger partial charge in [-0.05, 0) is 18.2 Å². The highest BCUT2D eigenvalue weighted by Crippen LogP contribution is 2.27. The van der Waals surface area contributed by atoms with Crippen LogP contribution in [-0.4, -0.2) is 11.1 Å². The molecule has 2 N–H and O–H groups in total. The van der Waals surface area contributed by atoms with Crippen molar-refractivity contribution in [2.24, 2.45) is 0 Å². The Balaban J connectivity index is 2.08. The van der Waals surface area contributed by atoms with Crippen molar-refractivity contribution < 1.29 is 18.7 Å². The van der Waals surface area contributed by atoms with E-state index < -0.39 is 11.8 Å². The Morgan fingerprint density at radius 1 is 1.32 bits per heavy atom. The Morgan fingerprint density at radius 2 is 1.95 bits per heavy atom. The Hall–Kier alpha value is -1.72. The molecule has 0 fully saturated rings. The summed E-state index contributed by atoms with van der Waals surface area (Å²) in [5.74, 6) is -1.32. The Bertz CT molecular complexity index is 604. The normalized spacial score (nSPS) is 10.5. The first-order valence-electron chi connectivity index (χ1n) is 5.16. The summed E-state index contributed by atoms with van der Waals surface area (Å²) < 4.78 is 18.2. The van der Waals surface area contributed by atoms with E-state index in [0.29, 0.717) is 11.4 Å². The summed E-state index contributed by atoms with van der Waals surface area (Å²) in [6, 6.07) is 4.15. The average Bonchev–Trinajstić information content (AvgIpc) is 2.82. The van der Waals surface area contributed by atoms with Crippen LogP contribution in [0.25, 0.3) is 0 Å². The number of halogens is 3. The molecule has 2 rings (SSSR count). The second-order valence-electron chi connectivity index (χ2n) is 3.71. The summed E-state index contributed by atoms with van der Waals surface area (Å²) in [5, 5.41) is 11.4. The molecule has 0 spiro atoms. The molecular formula is C12H8Cl2FNO3. The highest BCUT2D eigenvalue weighted by molar-refractivity contribution is 6.35. The first kappa shape index (κ1) is 13.7. The van der Waals surface area contributed by atoms with Crippen molar-refractivity contribution in [3.8, 4) is 0 Å². The van der Waals surface area contributed by atoms with Gasteiger partial charge in [0.05, 0.1) is 22.2 Å². The lowest BCUT2D eigenvalue weighted by Gasteiger charge is -2.06. The lowest BCUT2D eigenvalue weighted by molar-refractivity contribution is 0.0696. The molecule has 1 heterocycles. The van der Waals surface area contributed by atoms with Crippen LogP contribution in [0.15, 0.2) is 28.9 Å². The number of nitrogens with one attached hydrogen (secondary N) is 1. The maximum Gasteiger partial charge on any atom is 0.338 e. The molecule has 7 heteroatoms. The van der Waals surface area contributed by atoms with Crippen molar-refractivity contribution in [2.45, 2.75) is 6.54 Å². The van der Waals surface area contributed by atoms with Crippen molar-refractivity contribution in [2.75, 3.05) is 5.32 Å². The van der Waals surface area contributed by atoms with Crippen LogP contribution in [0, 0.1) is 5.82 Å². The van der Waals surface area contributed by atoms with E-state index in [1.54, 1.807) is 0 Å². The highest BCUT2D eigenvalue weighted by Gasteiger charge is 2.10. The molecule has 0 amide bonds. The van der Waals surface area contributed by atoms with Crippen LogP contribution in [-0.2, 0) is 6.54 Å². The van der Waals surface area contributed by atoms with Crippen LogP contribution in [0.3, 0.4) is 0 Å². The van der Waals surface area contributed by atoms with Gasteiger partial charge in [-0.3, -0.25) is 0 Å². The number of hydrogen-bond acceptors (Lipinski definition) is 3. The summed E-state index contributed by atoms with van der Waals surface area (Å²) in [6.45, 7) is 0.228. The number of carboxylic acid groups (broad SMARTS) is 1. The Labute approximate surface area is 117 Å². The summed E-state index contributed by atoms with van der Waals surface area (Å²) >= 11 is 11.3. The van der Waals surface area contributed by atoms with E-state index in [-0.39, 0.29) is 22.2 Å². The molecule has 1 aromatic heterocycles. The number of carbonyl (C=O) groups is 1. The lowest BCUT2D eigenvalue weighted by Crippen LogP contribution is -1.99. The molecule has 2 aromatic rings. The van der Waals surface area contributed by atoms with E-state index >= 15 is 0 Å². The number of furan rings is 1. The molecule has 0 aliphatic heterocycles. The smallest absolute Gasteiger partial charge is 0.338 e. The molecule has 0 aliphatic rings. The summed E-state index contributed by atoms with van der Waals surface area (Å²) in [4.78, 5) is 10.7. The minimum atomic E-state index is -1.07. The second-order valence-corrected chi connectivity index (χ2v) is 4.53.